The molecule has 86 valence electrons. The second-order valence-electron chi connectivity index (χ2n) is 3.72. The first-order valence-electron chi connectivity index (χ1n) is 5.07. The topological polar surface area (TPSA) is 29.5 Å². The summed E-state index contributed by atoms with van der Waals surface area (Å²) in [5, 5.41) is 9.71. The summed E-state index contributed by atoms with van der Waals surface area (Å²) in [5.41, 5.74) is -0.617. The van der Waals surface area contributed by atoms with Crippen molar-refractivity contribution >= 4 is 0 Å². The first-order valence-corrected chi connectivity index (χ1v) is 5.07. The molecule has 1 unspecified atom stereocenters. The largest absolute Gasteiger partial charge is 0.495 e. The van der Waals surface area contributed by atoms with Crippen molar-refractivity contribution in [3.63, 3.8) is 0 Å². The van der Waals surface area contributed by atoms with Crippen LogP contribution in [0.1, 0.15) is 25.8 Å². The van der Waals surface area contributed by atoms with Crippen molar-refractivity contribution in [3.05, 3.63) is 29.6 Å². The fraction of sp³-hybridized carbons (Fsp3) is 0.385. The molecule has 3 heteroatoms. The molecule has 1 N–H and O–H groups in total. The summed E-state index contributed by atoms with van der Waals surface area (Å²) < 4.78 is 18.0. The van der Waals surface area contributed by atoms with Crippen molar-refractivity contribution in [2.45, 2.75) is 25.9 Å². The number of rotatable bonds is 2. The minimum atomic E-state index is -1.06. The van der Waals surface area contributed by atoms with Crippen LogP contribution in [0.5, 0.6) is 5.75 Å². The molecule has 0 bridgehead atoms. The van der Waals surface area contributed by atoms with Crippen molar-refractivity contribution in [3.8, 4) is 17.6 Å². The Hall–Kier alpha value is -1.53. The average molecular weight is 222 g/mol. The van der Waals surface area contributed by atoms with Crippen molar-refractivity contribution < 1.29 is 14.2 Å². The molecule has 0 saturated carbocycles. The molecule has 0 fully saturated rings. The molecule has 0 aliphatic heterocycles. The average Bonchev–Trinajstić information content (AvgIpc) is 2.27. The van der Waals surface area contributed by atoms with Crippen LogP contribution in [0.4, 0.5) is 4.39 Å². The van der Waals surface area contributed by atoms with Gasteiger partial charge in [0.15, 0.2) is 0 Å². The van der Waals surface area contributed by atoms with Gasteiger partial charge in [0, 0.05) is 0 Å². The molecule has 0 spiro atoms. The number of hydrogen-bond donors (Lipinski definition) is 1. The second-order valence-corrected chi connectivity index (χ2v) is 3.72. The van der Waals surface area contributed by atoms with E-state index in [2.05, 4.69) is 11.8 Å². The van der Waals surface area contributed by atoms with E-state index in [9.17, 15) is 9.50 Å². The molecule has 2 nitrogen and oxygen atoms in total. The Balaban J connectivity index is 3.08. The van der Waals surface area contributed by atoms with E-state index in [1.165, 1.54) is 25.3 Å². The van der Waals surface area contributed by atoms with Crippen LogP contribution in [-0.2, 0) is 0 Å². The predicted octanol–water partition coefficient (Wildman–Crippen LogP) is 2.35. The number of halogens is 1. The normalized spacial score (nSPS) is 13.6. The zero-order chi connectivity index (χ0) is 12.2. The molecular formula is C13H15FO2. The smallest absolute Gasteiger partial charge is 0.134 e. The van der Waals surface area contributed by atoms with Gasteiger partial charge in [-0.05, 0) is 31.5 Å². The highest BCUT2D eigenvalue weighted by atomic mass is 19.1. The fourth-order valence-corrected chi connectivity index (χ4v) is 1.07. The van der Waals surface area contributed by atoms with Crippen molar-refractivity contribution in [2.24, 2.45) is 0 Å². The van der Waals surface area contributed by atoms with Gasteiger partial charge in [-0.3, -0.25) is 0 Å². The molecule has 1 atom stereocenters. The summed E-state index contributed by atoms with van der Waals surface area (Å²) in [4.78, 5) is 0. The van der Waals surface area contributed by atoms with E-state index in [-0.39, 0.29) is 5.82 Å². The van der Waals surface area contributed by atoms with Crippen LogP contribution >= 0.6 is 0 Å². The Bertz CT molecular complexity index is 427. The Labute approximate surface area is 95.1 Å². The van der Waals surface area contributed by atoms with E-state index >= 15 is 0 Å². The first-order chi connectivity index (χ1) is 7.48. The Morgan fingerprint density at radius 2 is 2.19 bits per heavy atom. The lowest BCUT2D eigenvalue weighted by Crippen LogP contribution is -2.19. The molecule has 1 rings (SSSR count). The van der Waals surface area contributed by atoms with E-state index in [4.69, 9.17) is 4.74 Å². The Kier molecular flexibility index (Phi) is 3.92. The zero-order valence-corrected chi connectivity index (χ0v) is 9.67. The number of ether oxygens (including phenoxy) is 1. The lowest BCUT2D eigenvalue weighted by molar-refractivity contribution is 0.118. The molecule has 0 radical (unpaired) electrons. The van der Waals surface area contributed by atoms with Crippen LogP contribution in [0.2, 0.25) is 0 Å². The van der Waals surface area contributed by atoms with E-state index in [1.54, 1.807) is 6.92 Å². The summed E-state index contributed by atoms with van der Waals surface area (Å²) in [5.74, 6) is 5.54. The van der Waals surface area contributed by atoms with Crippen molar-refractivity contribution in [1.29, 1.82) is 0 Å². The zero-order valence-electron chi connectivity index (χ0n) is 9.67. The Morgan fingerprint density at radius 1 is 1.50 bits per heavy atom. The molecule has 0 saturated heterocycles. The van der Waals surface area contributed by atoms with Crippen LogP contribution in [0.15, 0.2) is 18.2 Å². The molecule has 0 amide bonds. The number of hydrogen-bond acceptors (Lipinski definition) is 2. The van der Waals surface area contributed by atoms with Gasteiger partial charge in [0.2, 0.25) is 0 Å². The van der Waals surface area contributed by atoms with Crippen LogP contribution in [0, 0.1) is 17.7 Å². The lowest BCUT2D eigenvalue weighted by Gasteiger charge is -2.12. The van der Waals surface area contributed by atoms with Gasteiger partial charge in [0.25, 0.3) is 0 Å². The van der Waals surface area contributed by atoms with E-state index in [0.717, 1.165) is 0 Å². The number of benzene rings is 1. The van der Waals surface area contributed by atoms with E-state index in [1.807, 2.05) is 6.92 Å². The molecule has 16 heavy (non-hydrogen) atoms. The maximum absolute atomic E-state index is 13.0. The van der Waals surface area contributed by atoms with Crippen LogP contribution in [-0.4, -0.2) is 17.8 Å². The van der Waals surface area contributed by atoms with Crippen LogP contribution < -0.4 is 4.74 Å². The molecule has 0 aliphatic rings. The molecule has 0 aromatic heterocycles. The molecule has 0 aliphatic carbocycles. The van der Waals surface area contributed by atoms with Crippen LogP contribution in [0.25, 0.3) is 0 Å². The summed E-state index contributed by atoms with van der Waals surface area (Å²) in [6, 6.07) is 4.11. The number of aliphatic hydroxyl groups is 1. The quantitative estimate of drug-likeness (QED) is 0.778. The van der Waals surface area contributed by atoms with Gasteiger partial charge in [-0.25, -0.2) is 4.39 Å². The monoisotopic (exact) mass is 222 g/mol. The SMILES string of the molecule is CCC(C)(O)C#Cc1cc(F)ccc1OC. The van der Waals surface area contributed by atoms with Gasteiger partial charge in [0.05, 0.1) is 12.7 Å². The van der Waals surface area contributed by atoms with Gasteiger partial charge in [-0.15, -0.1) is 0 Å². The molecular weight excluding hydrogens is 207 g/mol. The predicted molar refractivity (Wildman–Crippen MR) is 60.7 cm³/mol. The summed E-state index contributed by atoms with van der Waals surface area (Å²) in [6.45, 7) is 3.45. The van der Waals surface area contributed by atoms with E-state index < -0.39 is 5.60 Å². The fourth-order valence-electron chi connectivity index (χ4n) is 1.07. The highest BCUT2D eigenvalue weighted by molar-refractivity contribution is 5.47. The minimum absolute atomic E-state index is 0.374. The lowest BCUT2D eigenvalue weighted by atomic mass is 10.0. The highest BCUT2D eigenvalue weighted by Gasteiger charge is 2.12. The van der Waals surface area contributed by atoms with Gasteiger partial charge < -0.3 is 9.84 Å². The number of methoxy groups -OCH3 is 1. The second kappa shape index (κ2) is 5.00. The third kappa shape index (κ3) is 3.25. The molecule has 1 aromatic carbocycles. The highest BCUT2D eigenvalue weighted by Crippen LogP contribution is 2.18. The first kappa shape index (κ1) is 12.5. The van der Waals surface area contributed by atoms with Gasteiger partial charge in [-0.1, -0.05) is 18.8 Å². The van der Waals surface area contributed by atoms with Gasteiger partial charge in [-0.2, -0.15) is 0 Å². The standard InChI is InChI=1S/C13H15FO2/c1-4-13(2,15)8-7-10-9-11(14)5-6-12(10)16-3/h5-6,9,15H,4H2,1-3H3. The van der Waals surface area contributed by atoms with Gasteiger partial charge in [0.1, 0.15) is 17.2 Å². The summed E-state index contributed by atoms with van der Waals surface area (Å²) >= 11 is 0. The Morgan fingerprint density at radius 3 is 2.75 bits per heavy atom. The van der Waals surface area contributed by atoms with E-state index in [0.29, 0.717) is 17.7 Å². The van der Waals surface area contributed by atoms with Gasteiger partial charge >= 0.3 is 0 Å². The summed E-state index contributed by atoms with van der Waals surface area (Å²) in [7, 11) is 1.50. The van der Waals surface area contributed by atoms with Crippen molar-refractivity contribution in [2.75, 3.05) is 7.11 Å². The maximum atomic E-state index is 13.0. The summed E-state index contributed by atoms with van der Waals surface area (Å²) in [6.07, 6.45) is 0.512. The molecule has 0 heterocycles. The minimum Gasteiger partial charge on any atom is -0.495 e. The van der Waals surface area contributed by atoms with Crippen molar-refractivity contribution in [1.82, 2.24) is 0 Å². The third-order valence-electron chi connectivity index (χ3n) is 2.32. The third-order valence-corrected chi connectivity index (χ3v) is 2.32. The maximum Gasteiger partial charge on any atom is 0.134 e. The van der Waals surface area contributed by atoms with Crippen LogP contribution in [0.3, 0.4) is 0 Å². The molecule has 1 aromatic rings.